The average molecular weight is 266 g/mol. The molecule has 0 fully saturated rings. The van der Waals surface area contributed by atoms with Crippen molar-refractivity contribution >= 4 is 0 Å². The van der Waals surface area contributed by atoms with Crippen molar-refractivity contribution in [3.8, 4) is 11.5 Å². The van der Waals surface area contributed by atoms with Crippen molar-refractivity contribution in [3.63, 3.8) is 0 Å². The Kier molecular flexibility index (Phi) is 3.71. The lowest BCUT2D eigenvalue weighted by molar-refractivity contribution is 0.203. The summed E-state index contributed by atoms with van der Waals surface area (Å²) in [5.41, 5.74) is 0.868. The molecule has 6 heteroatoms. The fraction of sp³-hybridized carbons (Fsp3) is 0.308. The highest BCUT2D eigenvalue weighted by atomic mass is 19.1. The van der Waals surface area contributed by atoms with Crippen LogP contribution in [-0.2, 0) is 7.05 Å². The standard InChI is InChI=1S/C13H15FN2O3/c1-16-12(11(19-3)7-15-16)13(17)8-4-5-10(18-2)9(14)6-8/h4-7,13,17H,1-3H3. The van der Waals surface area contributed by atoms with Crippen LogP contribution < -0.4 is 9.47 Å². The topological polar surface area (TPSA) is 56.5 Å². The second-order valence-corrected chi connectivity index (χ2v) is 4.02. The van der Waals surface area contributed by atoms with Gasteiger partial charge in [0.1, 0.15) is 11.8 Å². The average Bonchev–Trinajstić information content (AvgIpc) is 2.78. The molecule has 1 aromatic heterocycles. The number of benzene rings is 1. The van der Waals surface area contributed by atoms with Crippen molar-refractivity contribution in [2.24, 2.45) is 7.05 Å². The molecule has 1 heterocycles. The maximum absolute atomic E-state index is 13.6. The molecule has 0 saturated carbocycles. The Hall–Kier alpha value is -2.08. The van der Waals surface area contributed by atoms with E-state index < -0.39 is 11.9 Å². The van der Waals surface area contributed by atoms with Gasteiger partial charge in [0.25, 0.3) is 0 Å². The van der Waals surface area contributed by atoms with Gasteiger partial charge in [-0.25, -0.2) is 4.39 Å². The lowest BCUT2D eigenvalue weighted by Crippen LogP contribution is -2.08. The van der Waals surface area contributed by atoms with E-state index in [2.05, 4.69) is 5.10 Å². The van der Waals surface area contributed by atoms with Crippen LogP contribution in [0, 0.1) is 5.82 Å². The molecule has 5 nitrogen and oxygen atoms in total. The number of hydrogen-bond donors (Lipinski definition) is 1. The zero-order valence-corrected chi connectivity index (χ0v) is 10.9. The number of nitrogens with zero attached hydrogens (tertiary/aromatic N) is 2. The van der Waals surface area contributed by atoms with Crippen molar-refractivity contribution < 1.29 is 19.0 Å². The first kappa shape index (κ1) is 13.4. The van der Waals surface area contributed by atoms with Crippen LogP contribution in [0.5, 0.6) is 11.5 Å². The smallest absolute Gasteiger partial charge is 0.165 e. The van der Waals surface area contributed by atoms with Crippen LogP contribution in [-0.4, -0.2) is 29.1 Å². The van der Waals surface area contributed by atoms with Gasteiger partial charge >= 0.3 is 0 Å². The molecule has 1 atom stereocenters. The predicted molar refractivity (Wildman–Crippen MR) is 66.8 cm³/mol. The first-order chi connectivity index (χ1) is 9.08. The summed E-state index contributed by atoms with van der Waals surface area (Å²) in [6.45, 7) is 0. The summed E-state index contributed by atoms with van der Waals surface area (Å²) in [5.74, 6) is 0.0549. The van der Waals surface area contributed by atoms with Crippen LogP contribution in [0.15, 0.2) is 24.4 Å². The Morgan fingerprint density at radius 2 is 1.95 bits per heavy atom. The predicted octanol–water partition coefficient (Wildman–Crippen LogP) is 1.66. The number of aliphatic hydroxyl groups is 1. The molecule has 2 rings (SSSR count). The lowest BCUT2D eigenvalue weighted by Gasteiger charge is -2.14. The normalized spacial score (nSPS) is 12.3. The quantitative estimate of drug-likeness (QED) is 0.914. The molecule has 1 N–H and O–H groups in total. The minimum Gasteiger partial charge on any atom is -0.494 e. The molecule has 0 aliphatic rings. The Labute approximate surface area is 110 Å². The summed E-state index contributed by atoms with van der Waals surface area (Å²) in [6, 6.07) is 4.30. The fourth-order valence-electron chi connectivity index (χ4n) is 1.91. The van der Waals surface area contributed by atoms with Gasteiger partial charge in [0.05, 0.1) is 20.4 Å². The zero-order chi connectivity index (χ0) is 14.0. The van der Waals surface area contributed by atoms with Crippen molar-refractivity contribution in [2.75, 3.05) is 14.2 Å². The van der Waals surface area contributed by atoms with Gasteiger partial charge in [0.15, 0.2) is 17.3 Å². The number of hydrogen-bond acceptors (Lipinski definition) is 4. The number of halogens is 1. The first-order valence-electron chi connectivity index (χ1n) is 5.66. The van der Waals surface area contributed by atoms with E-state index in [0.29, 0.717) is 17.0 Å². The molecule has 102 valence electrons. The van der Waals surface area contributed by atoms with Crippen LogP contribution in [0.25, 0.3) is 0 Å². The van der Waals surface area contributed by atoms with Gasteiger partial charge in [-0.05, 0) is 17.7 Å². The monoisotopic (exact) mass is 266 g/mol. The highest BCUT2D eigenvalue weighted by Crippen LogP contribution is 2.31. The third-order valence-electron chi connectivity index (χ3n) is 2.92. The van der Waals surface area contributed by atoms with Gasteiger partial charge < -0.3 is 14.6 Å². The van der Waals surface area contributed by atoms with Crippen molar-refractivity contribution in [2.45, 2.75) is 6.10 Å². The summed E-state index contributed by atoms with van der Waals surface area (Å²) in [4.78, 5) is 0. The highest BCUT2D eigenvalue weighted by molar-refractivity contribution is 5.37. The van der Waals surface area contributed by atoms with Crippen molar-refractivity contribution in [3.05, 3.63) is 41.5 Å². The van der Waals surface area contributed by atoms with E-state index in [1.54, 1.807) is 13.1 Å². The molecule has 1 aromatic carbocycles. The molecule has 0 aliphatic heterocycles. The largest absolute Gasteiger partial charge is 0.494 e. The summed E-state index contributed by atoms with van der Waals surface area (Å²) < 4.78 is 25.1. The second kappa shape index (κ2) is 5.27. The highest BCUT2D eigenvalue weighted by Gasteiger charge is 2.21. The van der Waals surface area contributed by atoms with Gasteiger partial charge in [-0.2, -0.15) is 5.10 Å². The third kappa shape index (κ3) is 2.39. The van der Waals surface area contributed by atoms with E-state index in [1.165, 1.54) is 37.2 Å². The summed E-state index contributed by atoms with van der Waals surface area (Å²) in [5, 5.41) is 14.3. The third-order valence-corrected chi connectivity index (χ3v) is 2.92. The number of aliphatic hydroxyl groups excluding tert-OH is 1. The van der Waals surface area contributed by atoms with Gasteiger partial charge in [-0.3, -0.25) is 4.68 Å². The Balaban J connectivity index is 2.41. The molecule has 1 unspecified atom stereocenters. The molecule has 0 radical (unpaired) electrons. The SMILES string of the molecule is COc1ccc(C(O)c2c(OC)cnn2C)cc1F. The Bertz CT molecular complexity index is 583. The van der Waals surface area contributed by atoms with E-state index in [0.717, 1.165) is 0 Å². The lowest BCUT2D eigenvalue weighted by atomic mass is 10.1. The molecular weight excluding hydrogens is 251 g/mol. The van der Waals surface area contributed by atoms with Crippen molar-refractivity contribution in [1.82, 2.24) is 9.78 Å². The number of methoxy groups -OCH3 is 2. The number of rotatable bonds is 4. The van der Waals surface area contributed by atoms with Crippen LogP contribution in [0.4, 0.5) is 4.39 Å². The summed E-state index contributed by atoms with van der Waals surface area (Å²) in [6.07, 6.45) is 0.473. The van der Waals surface area contributed by atoms with E-state index in [4.69, 9.17) is 9.47 Å². The van der Waals surface area contributed by atoms with Gasteiger partial charge in [-0.15, -0.1) is 0 Å². The van der Waals surface area contributed by atoms with Crippen molar-refractivity contribution in [1.29, 1.82) is 0 Å². The molecule has 0 spiro atoms. The number of aryl methyl sites for hydroxylation is 1. The van der Waals surface area contributed by atoms with Crippen LogP contribution in [0.1, 0.15) is 17.4 Å². The number of ether oxygens (including phenoxy) is 2. The maximum atomic E-state index is 13.6. The fourth-order valence-corrected chi connectivity index (χ4v) is 1.91. The van der Waals surface area contributed by atoms with E-state index in [1.807, 2.05) is 0 Å². The summed E-state index contributed by atoms with van der Waals surface area (Å²) >= 11 is 0. The van der Waals surface area contributed by atoms with Gasteiger partial charge in [0, 0.05) is 7.05 Å². The van der Waals surface area contributed by atoms with E-state index >= 15 is 0 Å². The molecule has 0 bridgehead atoms. The zero-order valence-electron chi connectivity index (χ0n) is 10.9. The van der Waals surface area contributed by atoms with E-state index in [-0.39, 0.29) is 5.75 Å². The molecular formula is C13H15FN2O3. The van der Waals surface area contributed by atoms with Gasteiger partial charge in [-0.1, -0.05) is 6.07 Å². The molecule has 0 saturated heterocycles. The minimum atomic E-state index is -1.03. The molecule has 2 aromatic rings. The molecule has 19 heavy (non-hydrogen) atoms. The maximum Gasteiger partial charge on any atom is 0.165 e. The van der Waals surface area contributed by atoms with Crippen LogP contribution in [0.3, 0.4) is 0 Å². The summed E-state index contributed by atoms with van der Waals surface area (Å²) in [7, 11) is 4.56. The van der Waals surface area contributed by atoms with E-state index in [9.17, 15) is 9.50 Å². The van der Waals surface area contributed by atoms with Gasteiger partial charge in [0.2, 0.25) is 0 Å². The first-order valence-corrected chi connectivity index (χ1v) is 5.66. The molecule has 0 aliphatic carbocycles. The second-order valence-electron chi connectivity index (χ2n) is 4.02. The minimum absolute atomic E-state index is 0.132. The van der Waals surface area contributed by atoms with Crippen LogP contribution in [0.2, 0.25) is 0 Å². The Morgan fingerprint density at radius 3 is 2.53 bits per heavy atom. The molecule has 0 amide bonds. The number of aromatic nitrogens is 2. The Morgan fingerprint density at radius 1 is 1.26 bits per heavy atom. The van der Waals surface area contributed by atoms with Crippen LogP contribution >= 0.6 is 0 Å².